The summed E-state index contributed by atoms with van der Waals surface area (Å²) < 4.78 is 42.6. The second-order valence-electron chi connectivity index (χ2n) is 3.72. The standard InChI is InChI=1S/C11H15F3N2O.C2H3N/c1-3-4-7-17-10-8(15-2)5-6-9(16-10)11(12,13)14;1-2-3/h5-6,15H,3-4,7H2,1-2H3;1H3. The van der Waals surface area contributed by atoms with Gasteiger partial charge in [0.25, 0.3) is 0 Å². The summed E-state index contributed by atoms with van der Waals surface area (Å²) in [6.45, 7) is 3.77. The summed E-state index contributed by atoms with van der Waals surface area (Å²) in [7, 11) is 1.61. The van der Waals surface area contributed by atoms with Crippen molar-refractivity contribution in [3.8, 4) is 11.9 Å². The highest BCUT2D eigenvalue weighted by molar-refractivity contribution is 5.52. The molecule has 4 nitrogen and oxygen atoms in total. The number of pyridine rings is 1. The molecule has 1 N–H and O–H groups in total. The first-order chi connectivity index (χ1) is 9.40. The van der Waals surface area contributed by atoms with Crippen LogP contribution in [0.2, 0.25) is 0 Å². The molecule has 0 aliphatic carbocycles. The van der Waals surface area contributed by atoms with Gasteiger partial charge in [0, 0.05) is 14.0 Å². The lowest BCUT2D eigenvalue weighted by Gasteiger charge is -2.12. The van der Waals surface area contributed by atoms with E-state index in [-0.39, 0.29) is 5.88 Å². The third-order valence-electron chi connectivity index (χ3n) is 2.16. The number of nitriles is 1. The number of halogens is 3. The fourth-order valence-electron chi connectivity index (χ4n) is 1.21. The Morgan fingerprint density at radius 2 is 2.00 bits per heavy atom. The second-order valence-corrected chi connectivity index (χ2v) is 3.72. The van der Waals surface area contributed by atoms with Gasteiger partial charge in [0.05, 0.1) is 18.4 Å². The van der Waals surface area contributed by atoms with Crippen LogP contribution in [-0.2, 0) is 6.18 Å². The number of aromatic nitrogens is 1. The zero-order valence-electron chi connectivity index (χ0n) is 11.7. The lowest BCUT2D eigenvalue weighted by atomic mass is 10.3. The quantitative estimate of drug-likeness (QED) is 0.836. The minimum Gasteiger partial charge on any atom is -0.476 e. The van der Waals surface area contributed by atoms with Crippen molar-refractivity contribution in [2.24, 2.45) is 0 Å². The Morgan fingerprint density at radius 1 is 1.40 bits per heavy atom. The molecule has 0 aliphatic heterocycles. The number of ether oxygens (including phenoxy) is 1. The molecular formula is C13H18F3N3O. The van der Waals surface area contributed by atoms with Crippen LogP contribution in [0.25, 0.3) is 0 Å². The lowest BCUT2D eigenvalue weighted by molar-refractivity contribution is -0.141. The number of hydrogen-bond acceptors (Lipinski definition) is 4. The molecule has 0 fully saturated rings. The molecular weight excluding hydrogens is 271 g/mol. The van der Waals surface area contributed by atoms with Crippen LogP contribution >= 0.6 is 0 Å². The highest BCUT2D eigenvalue weighted by Gasteiger charge is 2.33. The van der Waals surface area contributed by atoms with Gasteiger partial charge in [-0.25, -0.2) is 4.98 Å². The molecule has 112 valence electrons. The van der Waals surface area contributed by atoms with Gasteiger partial charge in [0.1, 0.15) is 5.69 Å². The Bertz CT molecular complexity index is 441. The summed E-state index contributed by atoms with van der Waals surface area (Å²) in [6, 6.07) is 4.00. The van der Waals surface area contributed by atoms with Crippen molar-refractivity contribution in [1.82, 2.24) is 4.98 Å². The summed E-state index contributed by atoms with van der Waals surface area (Å²) in [6.07, 6.45) is -2.76. The highest BCUT2D eigenvalue weighted by Crippen LogP contribution is 2.31. The van der Waals surface area contributed by atoms with E-state index in [9.17, 15) is 13.2 Å². The third kappa shape index (κ3) is 6.27. The van der Waals surface area contributed by atoms with Crippen LogP contribution in [0.5, 0.6) is 5.88 Å². The first-order valence-electron chi connectivity index (χ1n) is 6.10. The molecule has 0 bridgehead atoms. The number of hydrogen-bond donors (Lipinski definition) is 1. The SMILES string of the molecule is CC#N.CCCCOc1nc(C(F)(F)F)ccc1NC. The van der Waals surface area contributed by atoms with Gasteiger partial charge in [-0.3, -0.25) is 0 Å². The van der Waals surface area contributed by atoms with E-state index in [1.807, 2.05) is 6.92 Å². The van der Waals surface area contributed by atoms with Gasteiger partial charge < -0.3 is 10.1 Å². The van der Waals surface area contributed by atoms with E-state index in [1.165, 1.54) is 13.0 Å². The van der Waals surface area contributed by atoms with Gasteiger partial charge in [0.15, 0.2) is 0 Å². The van der Waals surface area contributed by atoms with Gasteiger partial charge in [-0.05, 0) is 18.6 Å². The molecule has 20 heavy (non-hydrogen) atoms. The fraction of sp³-hybridized carbons (Fsp3) is 0.538. The molecule has 1 heterocycles. The molecule has 0 saturated carbocycles. The van der Waals surface area contributed by atoms with Crippen LogP contribution in [0.4, 0.5) is 18.9 Å². The van der Waals surface area contributed by atoms with E-state index >= 15 is 0 Å². The third-order valence-corrected chi connectivity index (χ3v) is 2.16. The predicted octanol–water partition coefficient (Wildman–Crippen LogP) is 3.85. The lowest BCUT2D eigenvalue weighted by Crippen LogP contribution is -2.10. The van der Waals surface area contributed by atoms with Crippen molar-refractivity contribution < 1.29 is 17.9 Å². The van der Waals surface area contributed by atoms with Crippen molar-refractivity contribution >= 4 is 5.69 Å². The number of rotatable bonds is 5. The van der Waals surface area contributed by atoms with Crippen LogP contribution < -0.4 is 10.1 Å². The minimum atomic E-state index is -4.45. The molecule has 0 aromatic carbocycles. The number of nitrogens with zero attached hydrogens (tertiary/aromatic N) is 2. The zero-order chi connectivity index (χ0) is 15.6. The molecule has 0 spiro atoms. The van der Waals surface area contributed by atoms with Gasteiger partial charge in [0.2, 0.25) is 5.88 Å². The Kier molecular flexibility index (Phi) is 8.13. The largest absolute Gasteiger partial charge is 0.476 e. The molecule has 7 heteroatoms. The molecule has 0 unspecified atom stereocenters. The van der Waals surface area contributed by atoms with E-state index in [1.54, 1.807) is 13.1 Å². The molecule has 1 aromatic rings. The van der Waals surface area contributed by atoms with Crippen LogP contribution in [0, 0.1) is 11.3 Å². The van der Waals surface area contributed by atoms with E-state index in [0.717, 1.165) is 18.9 Å². The molecule has 0 atom stereocenters. The summed E-state index contributed by atoms with van der Waals surface area (Å²) in [4.78, 5) is 3.48. The normalized spacial score (nSPS) is 10.1. The van der Waals surface area contributed by atoms with Crippen LogP contribution in [-0.4, -0.2) is 18.6 Å². The van der Waals surface area contributed by atoms with Crippen LogP contribution in [0.15, 0.2) is 12.1 Å². The smallest absolute Gasteiger partial charge is 0.433 e. The van der Waals surface area contributed by atoms with Crippen molar-refractivity contribution in [3.05, 3.63) is 17.8 Å². The molecule has 0 radical (unpaired) electrons. The van der Waals surface area contributed by atoms with E-state index in [4.69, 9.17) is 10.00 Å². The monoisotopic (exact) mass is 289 g/mol. The molecule has 0 saturated heterocycles. The average molecular weight is 289 g/mol. The summed E-state index contributed by atoms with van der Waals surface area (Å²) in [5.41, 5.74) is -0.489. The maximum Gasteiger partial charge on any atom is 0.433 e. The summed E-state index contributed by atoms with van der Waals surface area (Å²) >= 11 is 0. The summed E-state index contributed by atoms with van der Waals surface area (Å²) in [5.74, 6) is -0.00391. The Hall–Kier alpha value is -1.97. The average Bonchev–Trinajstić information content (AvgIpc) is 2.39. The summed E-state index contributed by atoms with van der Waals surface area (Å²) in [5, 5.41) is 10.1. The Balaban J connectivity index is 0.00000110. The van der Waals surface area contributed by atoms with Gasteiger partial charge in [-0.2, -0.15) is 18.4 Å². The van der Waals surface area contributed by atoms with Crippen molar-refractivity contribution in [2.75, 3.05) is 19.0 Å². The number of unbranched alkanes of at least 4 members (excludes halogenated alkanes) is 1. The Morgan fingerprint density at radius 3 is 2.45 bits per heavy atom. The first kappa shape index (κ1) is 18.0. The van der Waals surface area contributed by atoms with Crippen molar-refractivity contribution in [2.45, 2.75) is 32.9 Å². The topological polar surface area (TPSA) is 57.9 Å². The van der Waals surface area contributed by atoms with Crippen LogP contribution in [0.3, 0.4) is 0 Å². The van der Waals surface area contributed by atoms with Crippen molar-refractivity contribution in [1.29, 1.82) is 5.26 Å². The second kappa shape index (κ2) is 9.02. The maximum absolute atomic E-state index is 12.5. The zero-order valence-corrected chi connectivity index (χ0v) is 11.7. The molecule has 1 aromatic heterocycles. The molecule has 1 rings (SSSR count). The fourth-order valence-corrected chi connectivity index (χ4v) is 1.21. The Labute approximate surface area is 116 Å². The van der Waals surface area contributed by atoms with Gasteiger partial charge in [-0.1, -0.05) is 13.3 Å². The first-order valence-corrected chi connectivity index (χ1v) is 6.10. The van der Waals surface area contributed by atoms with Gasteiger partial charge in [-0.15, -0.1) is 0 Å². The number of nitrogens with one attached hydrogen (secondary N) is 1. The van der Waals surface area contributed by atoms with E-state index in [0.29, 0.717) is 12.3 Å². The van der Waals surface area contributed by atoms with Gasteiger partial charge >= 0.3 is 6.18 Å². The number of alkyl halides is 3. The number of anilines is 1. The van der Waals surface area contributed by atoms with Crippen LogP contribution in [0.1, 0.15) is 32.4 Å². The van der Waals surface area contributed by atoms with E-state index < -0.39 is 11.9 Å². The maximum atomic E-state index is 12.5. The minimum absolute atomic E-state index is 0.00391. The van der Waals surface area contributed by atoms with Crippen molar-refractivity contribution in [3.63, 3.8) is 0 Å². The molecule has 0 aliphatic rings. The molecule has 0 amide bonds. The van der Waals surface area contributed by atoms with E-state index in [2.05, 4.69) is 10.3 Å². The predicted molar refractivity (Wildman–Crippen MR) is 70.5 cm³/mol. The highest BCUT2D eigenvalue weighted by atomic mass is 19.4.